The molecular formula is C28H30N8O2. The number of nitriles is 1. The number of likely N-dealkylation sites (tertiary alicyclic amines) is 1. The Morgan fingerprint density at radius 1 is 1.21 bits per heavy atom. The van der Waals surface area contributed by atoms with E-state index < -0.39 is 5.60 Å². The quantitative estimate of drug-likeness (QED) is 0.383. The number of nitrogens with zero attached hydrogens (tertiary/aromatic N) is 6. The summed E-state index contributed by atoms with van der Waals surface area (Å²) in [5, 5.41) is 20.8. The fraction of sp³-hybridized carbons (Fsp3) is 0.321. The molecule has 2 N–H and O–H groups in total. The van der Waals surface area contributed by atoms with Crippen molar-refractivity contribution in [2.24, 2.45) is 0 Å². The summed E-state index contributed by atoms with van der Waals surface area (Å²) in [4.78, 5) is 23.2. The van der Waals surface area contributed by atoms with Crippen molar-refractivity contribution in [3.05, 3.63) is 72.1 Å². The Bertz CT molecular complexity index is 1470. The molecule has 10 heteroatoms. The minimum absolute atomic E-state index is 0.0120. The Balaban J connectivity index is 1.31. The molecule has 1 aromatic carbocycles. The van der Waals surface area contributed by atoms with Crippen molar-refractivity contribution in [3.63, 3.8) is 0 Å². The number of fused-ring (bicyclic) bond motifs is 1. The second-order valence-electron chi connectivity index (χ2n) is 10.3. The van der Waals surface area contributed by atoms with Gasteiger partial charge in [0.05, 0.1) is 11.9 Å². The maximum absolute atomic E-state index is 12.5. The van der Waals surface area contributed by atoms with Gasteiger partial charge in [0.15, 0.2) is 5.65 Å². The highest BCUT2D eigenvalue weighted by molar-refractivity contribution is 5.69. The fourth-order valence-corrected chi connectivity index (χ4v) is 4.34. The normalized spacial score (nSPS) is 15.3. The number of rotatable bonds is 6. The van der Waals surface area contributed by atoms with E-state index in [4.69, 9.17) is 4.74 Å². The van der Waals surface area contributed by atoms with Crippen LogP contribution >= 0.6 is 0 Å². The molecule has 0 aliphatic carbocycles. The first-order valence-corrected chi connectivity index (χ1v) is 12.6. The van der Waals surface area contributed by atoms with Crippen molar-refractivity contribution in [1.29, 1.82) is 5.26 Å². The van der Waals surface area contributed by atoms with Crippen LogP contribution in [0.15, 0.2) is 60.9 Å². The Kier molecular flexibility index (Phi) is 6.83. The van der Waals surface area contributed by atoms with E-state index in [9.17, 15) is 10.1 Å². The molecule has 1 atom stereocenters. The van der Waals surface area contributed by atoms with Crippen LogP contribution in [0.25, 0.3) is 16.9 Å². The number of carbonyl (C=O) groups excluding carboxylic acids is 1. The van der Waals surface area contributed by atoms with E-state index in [1.807, 2.05) is 57.2 Å². The Morgan fingerprint density at radius 3 is 2.74 bits per heavy atom. The van der Waals surface area contributed by atoms with Crippen molar-refractivity contribution < 1.29 is 9.53 Å². The van der Waals surface area contributed by atoms with Crippen LogP contribution in [0.2, 0.25) is 0 Å². The van der Waals surface area contributed by atoms with Crippen LogP contribution < -0.4 is 10.6 Å². The molecule has 5 rings (SSSR count). The number of aromatic nitrogens is 4. The minimum atomic E-state index is -0.537. The number of nitrogens with one attached hydrogen (secondary N) is 2. The van der Waals surface area contributed by atoms with Crippen LogP contribution in [0.4, 0.5) is 16.4 Å². The molecule has 1 saturated heterocycles. The first kappa shape index (κ1) is 25.0. The van der Waals surface area contributed by atoms with Crippen LogP contribution in [0, 0.1) is 11.3 Å². The Labute approximate surface area is 221 Å². The van der Waals surface area contributed by atoms with Crippen LogP contribution in [0.3, 0.4) is 0 Å². The van der Waals surface area contributed by atoms with Gasteiger partial charge in [0, 0.05) is 43.5 Å². The molecule has 1 aliphatic heterocycles. The Morgan fingerprint density at radius 2 is 2.03 bits per heavy atom. The van der Waals surface area contributed by atoms with Gasteiger partial charge in [0.25, 0.3) is 0 Å². The summed E-state index contributed by atoms with van der Waals surface area (Å²) in [6.45, 7) is 7.24. The van der Waals surface area contributed by atoms with E-state index in [1.165, 1.54) is 6.20 Å². The highest BCUT2D eigenvalue weighted by Crippen LogP contribution is 2.23. The number of hydrogen-bond acceptors (Lipinski definition) is 8. The van der Waals surface area contributed by atoms with Gasteiger partial charge in [0.2, 0.25) is 0 Å². The van der Waals surface area contributed by atoms with Gasteiger partial charge in [-0.2, -0.15) is 14.9 Å². The molecule has 0 bridgehead atoms. The van der Waals surface area contributed by atoms with Crippen molar-refractivity contribution >= 4 is 23.4 Å². The van der Waals surface area contributed by atoms with Gasteiger partial charge in [0.1, 0.15) is 28.9 Å². The van der Waals surface area contributed by atoms with Gasteiger partial charge in [-0.3, -0.25) is 4.98 Å². The molecule has 0 spiro atoms. The smallest absolute Gasteiger partial charge is 0.410 e. The first-order chi connectivity index (χ1) is 18.3. The van der Waals surface area contributed by atoms with Gasteiger partial charge in [-0.25, -0.2) is 9.78 Å². The predicted octanol–water partition coefficient (Wildman–Crippen LogP) is 4.70. The third-order valence-electron chi connectivity index (χ3n) is 6.17. The summed E-state index contributed by atoms with van der Waals surface area (Å²) < 4.78 is 7.14. The summed E-state index contributed by atoms with van der Waals surface area (Å²) in [7, 11) is 0. The zero-order valence-corrected chi connectivity index (χ0v) is 21.7. The summed E-state index contributed by atoms with van der Waals surface area (Å²) in [5.74, 6) is 1.31. The molecule has 0 radical (unpaired) electrons. The lowest BCUT2D eigenvalue weighted by atomic mass is 10.1. The highest BCUT2D eigenvalue weighted by atomic mass is 16.6. The second kappa shape index (κ2) is 10.4. The molecule has 194 valence electrons. The molecule has 10 nitrogen and oxygen atoms in total. The van der Waals surface area contributed by atoms with E-state index in [1.54, 1.807) is 15.6 Å². The Hall–Kier alpha value is -4.65. The average Bonchev–Trinajstić information content (AvgIpc) is 3.54. The highest BCUT2D eigenvalue weighted by Gasteiger charge is 2.30. The number of pyridine rings is 1. The monoisotopic (exact) mass is 510 g/mol. The van der Waals surface area contributed by atoms with E-state index in [2.05, 4.69) is 43.9 Å². The van der Waals surface area contributed by atoms with Crippen molar-refractivity contribution in [3.8, 4) is 17.3 Å². The third-order valence-corrected chi connectivity index (χ3v) is 6.17. The van der Waals surface area contributed by atoms with Crippen molar-refractivity contribution in [1.82, 2.24) is 24.5 Å². The van der Waals surface area contributed by atoms with Crippen LogP contribution in [0.1, 0.15) is 38.3 Å². The van der Waals surface area contributed by atoms with E-state index in [-0.39, 0.29) is 12.1 Å². The summed E-state index contributed by atoms with van der Waals surface area (Å²) >= 11 is 0. The largest absolute Gasteiger partial charge is 0.444 e. The molecule has 3 aromatic heterocycles. The standard InChI is InChI=1S/C28H30N8O2/c1-28(2,3)38-27(37)35-13-11-22(18-35)33-24-14-25(36-26(34-24)21(15-29)17-32-36)31-16-19-7-9-20(10-8-19)23-6-4-5-12-30-23/h4-10,12,14,17,22,31H,11,13,16,18H2,1-3H3,(H,33,34)/t22-/m0/s1. The maximum Gasteiger partial charge on any atom is 0.410 e. The average molecular weight is 511 g/mol. The predicted molar refractivity (Wildman–Crippen MR) is 145 cm³/mol. The molecule has 1 amide bonds. The number of carbonyl (C=O) groups is 1. The van der Waals surface area contributed by atoms with Crippen molar-refractivity contribution in [2.75, 3.05) is 23.7 Å². The van der Waals surface area contributed by atoms with Gasteiger partial charge in [-0.15, -0.1) is 0 Å². The number of ether oxygens (including phenoxy) is 1. The van der Waals surface area contributed by atoms with Crippen molar-refractivity contribution in [2.45, 2.75) is 45.4 Å². The number of benzene rings is 1. The fourth-order valence-electron chi connectivity index (χ4n) is 4.34. The molecule has 1 aliphatic rings. The summed E-state index contributed by atoms with van der Waals surface area (Å²) in [6, 6.07) is 18.1. The number of hydrogen-bond donors (Lipinski definition) is 2. The van der Waals surface area contributed by atoms with Gasteiger partial charge < -0.3 is 20.3 Å². The third kappa shape index (κ3) is 5.67. The molecule has 0 saturated carbocycles. The topological polar surface area (TPSA) is 120 Å². The summed E-state index contributed by atoms with van der Waals surface area (Å²) in [5.41, 5.74) is 3.38. The second-order valence-corrected chi connectivity index (χ2v) is 10.3. The minimum Gasteiger partial charge on any atom is -0.444 e. The van der Waals surface area contributed by atoms with Crippen LogP contribution in [0.5, 0.6) is 0 Å². The molecule has 1 fully saturated rings. The SMILES string of the molecule is CC(C)(C)OC(=O)N1CC[C@H](Nc2cc(NCc3ccc(-c4ccccn4)cc3)n3ncc(C#N)c3n2)C1. The number of anilines is 2. The zero-order chi connectivity index (χ0) is 26.7. The van der Waals surface area contributed by atoms with Gasteiger partial charge in [-0.1, -0.05) is 30.3 Å². The number of amides is 1. The lowest BCUT2D eigenvalue weighted by molar-refractivity contribution is 0.0293. The maximum atomic E-state index is 12.5. The van der Waals surface area contributed by atoms with Gasteiger partial charge >= 0.3 is 6.09 Å². The van der Waals surface area contributed by atoms with Gasteiger partial charge in [-0.05, 0) is 44.9 Å². The van der Waals surface area contributed by atoms with E-state index >= 15 is 0 Å². The molecule has 0 unspecified atom stereocenters. The van der Waals surface area contributed by atoms with Crippen LogP contribution in [-0.4, -0.2) is 55.3 Å². The molecule has 4 heterocycles. The van der Waals surface area contributed by atoms with E-state index in [0.29, 0.717) is 42.5 Å². The molecule has 38 heavy (non-hydrogen) atoms. The molecule has 4 aromatic rings. The molecular weight excluding hydrogens is 480 g/mol. The lowest BCUT2D eigenvalue weighted by Gasteiger charge is -2.24. The summed E-state index contributed by atoms with van der Waals surface area (Å²) in [6.07, 6.45) is 3.75. The lowest BCUT2D eigenvalue weighted by Crippen LogP contribution is -2.36. The van der Waals surface area contributed by atoms with Crippen LogP contribution in [-0.2, 0) is 11.3 Å². The van der Waals surface area contributed by atoms with E-state index in [0.717, 1.165) is 23.2 Å². The zero-order valence-electron chi connectivity index (χ0n) is 21.7. The first-order valence-electron chi connectivity index (χ1n) is 12.6.